The fourth-order valence-corrected chi connectivity index (χ4v) is 3.25. The van der Waals surface area contributed by atoms with E-state index in [9.17, 15) is 5.11 Å². The van der Waals surface area contributed by atoms with Crippen LogP contribution in [-0.4, -0.2) is 38.2 Å². The second-order valence-corrected chi connectivity index (χ2v) is 6.60. The van der Waals surface area contributed by atoms with E-state index in [2.05, 4.69) is 10.2 Å². The van der Waals surface area contributed by atoms with E-state index >= 15 is 0 Å². The van der Waals surface area contributed by atoms with Crippen molar-refractivity contribution >= 4 is 40.6 Å². The summed E-state index contributed by atoms with van der Waals surface area (Å²) in [4.78, 5) is 0. The third-order valence-corrected chi connectivity index (χ3v) is 4.56. The van der Waals surface area contributed by atoms with E-state index in [4.69, 9.17) is 27.9 Å². The molecule has 120 valence electrons. The quantitative estimate of drug-likeness (QED) is 0.673. The minimum atomic E-state index is -0.637. The largest absolute Gasteiger partial charge is 0.491 e. The Balaban J connectivity index is 1.60. The van der Waals surface area contributed by atoms with Gasteiger partial charge in [0.1, 0.15) is 12.4 Å². The molecule has 2 aromatic heterocycles. The number of hydrogen-bond acceptors (Lipinski definition) is 5. The Labute approximate surface area is 147 Å². The van der Waals surface area contributed by atoms with E-state index in [-0.39, 0.29) is 6.61 Å². The van der Waals surface area contributed by atoms with Crippen molar-refractivity contribution in [3.05, 3.63) is 52.6 Å². The highest BCUT2D eigenvalue weighted by Crippen LogP contribution is 2.25. The Morgan fingerprint density at radius 1 is 1.22 bits per heavy atom. The van der Waals surface area contributed by atoms with Crippen molar-refractivity contribution in [2.45, 2.75) is 11.3 Å². The zero-order valence-corrected chi connectivity index (χ0v) is 14.2. The number of fused-ring (bicyclic) bond motifs is 1. The topological polar surface area (TPSA) is 59.7 Å². The lowest BCUT2D eigenvalue weighted by Gasteiger charge is -2.11. The molecule has 3 aromatic rings. The number of aliphatic hydroxyl groups is 1. The van der Waals surface area contributed by atoms with Crippen molar-refractivity contribution in [3.8, 4) is 5.75 Å². The van der Waals surface area contributed by atoms with Crippen LogP contribution in [-0.2, 0) is 0 Å². The van der Waals surface area contributed by atoms with Crippen molar-refractivity contribution in [2.24, 2.45) is 0 Å². The van der Waals surface area contributed by atoms with Crippen LogP contribution in [0.2, 0.25) is 10.0 Å². The molecule has 0 radical (unpaired) electrons. The second-order valence-electron chi connectivity index (χ2n) is 4.77. The SMILES string of the molecule is O[C@@H](COc1ccccc1)CSc1nnc2c(Cl)cc(Cl)cn12. The van der Waals surface area contributed by atoms with Crippen molar-refractivity contribution in [2.75, 3.05) is 12.4 Å². The number of hydrogen-bond donors (Lipinski definition) is 1. The van der Waals surface area contributed by atoms with Gasteiger partial charge in [-0.05, 0) is 18.2 Å². The predicted octanol–water partition coefficient (Wildman–Crippen LogP) is 3.57. The second kappa shape index (κ2) is 7.40. The number of rotatable bonds is 6. The van der Waals surface area contributed by atoms with Gasteiger partial charge in [-0.25, -0.2) is 0 Å². The molecule has 0 aliphatic rings. The van der Waals surface area contributed by atoms with Crippen LogP contribution in [0, 0.1) is 0 Å². The number of nitrogens with zero attached hydrogens (tertiary/aromatic N) is 3. The fraction of sp³-hybridized carbons (Fsp3) is 0.200. The van der Waals surface area contributed by atoms with Gasteiger partial charge in [0, 0.05) is 11.9 Å². The Kier molecular flexibility index (Phi) is 5.27. The van der Waals surface area contributed by atoms with Crippen LogP contribution in [0.3, 0.4) is 0 Å². The molecule has 8 heteroatoms. The predicted molar refractivity (Wildman–Crippen MR) is 91.7 cm³/mol. The van der Waals surface area contributed by atoms with Gasteiger partial charge >= 0.3 is 0 Å². The molecule has 0 spiro atoms. The molecule has 1 N–H and O–H groups in total. The van der Waals surface area contributed by atoms with Gasteiger partial charge in [0.15, 0.2) is 10.8 Å². The molecule has 5 nitrogen and oxygen atoms in total. The summed E-state index contributed by atoms with van der Waals surface area (Å²) in [6, 6.07) is 11.0. The monoisotopic (exact) mass is 369 g/mol. The van der Waals surface area contributed by atoms with Crippen molar-refractivity contribution in [1.82, 2.24) is 14.6 Å². The summed E-state index contributed by atoms with van der Waals surface area (Å²) in [6.07, 6.45) is 1.06. The number of aliphatic hydroxyl groups excluding tert-OH is 1. The molecule has 0 saturated carbocycles. The zero-order chi connectivity index (χ0) is 16.2. The van der Waals surface area contributed by atoms with Crippen molar-refractivity contribution in [3.63, 3.8) is 0 Å². The van der Waals surface area contributed by atoms with E-state index in [1.807, 2.05) is 30.3 Å². The number of benzene rings is 1. The number of thioether (sulfide) groups is 1. The summed E-state index contributed by atoms with van der Waals surface area (Å²) in [5.41, 5.74) is 0.536. The molecule has 23 heavy (non-hydrogen) atoms. The van der Waals surface area contributed by atoms with Crippen molar-refractivity contribution < 1.29 is 9.84 Å². The summed E-state index contributed by atoms with van der Waals surface area (Å²) in [6.45, 7) is 0.204. The van der Waals surface area contributed by atoms with Crippen LogP contribution < -0.4 is 4.74 Å². The molecule has 0 aliphatic heterocycles. The van der Waals surface area contributed by atoms with Crippen LogP contribution in [0.15, 0.2) is 47.8 Å². The highest BCUT2D eigenvalue weighted by molar-refractivity contribution is 7.99. The van der Waals surface area contributed by atoms with E-state index in [0.29, 0.717) is 26.6 Å². The molecule has 2 heterocycles. The average molecular weight is 370 g/mol. The lowest BCUT2D eigenvalue weighted by Crippen LogP contribution is -2.20. The number of aromatic nitrogens is 3. The Morgan fingerprint density at radius 3 is 2.78 bits per heavy atom. The molecule has 0 saturated heterocycles. The smallest absolute Gasteiger partial charge is 0.195 e. The highest BCUT2D eigenvalue weighted by atomic mass is 35.5. The molecule has 0 bridgehead atoms. The molecular formula is C15H13Cl2N3O2S. The number of ether oxygens (including phenoxy) is 1. The molecule has 0 unspecified atom stereocenters. The number of pyridine rings is 1. The third-order valence-electron chi connectivity index (χ3n) is 2.99. The molecule has 0 amide bonds. The van der Waals surface area contributed by atoms with E-state index in [1.165, 1.54) is 11.8 Å². The maximum atomic E-state index is 10.0. The van der Waals surface area contributed by atoms with Gasteiger partial charge in [-0.3, -0.25) is 4.40 Å². The first-order valence-electron chi connectivity index (χ1n) is 6.82. The molecule has 3 rings (SSSR count). The lowest BCUT2D eigenvalue weighted by atomic mass is 10.3. The summed E-state index contributed by atoms with van der Waals surface area (Å²) >= 11 is 13.4. The van der Waals surface area contributed by atoms with Gasteiger partial charge in [0.05, 0.1) is 16.1 Å². The average Bonchev–Trinajstić information content (AvgIpc) is 2.95. The highest BCUT2D eigenvalue weighted by Gasteiger charge is 2.13. The maximum absolute atomic E-state index is 10.0. The van der Waals surface area contributed by atoms with Crippen molar-refractivity contribution in [1.29, 1.82) is 0 Å². The minimum absolute atomic E-state index is 0.204. The molecular weight excluding hydrogens is 357 g/mol. The maximum Gasteiger partial charge on any atom is 0.195 e. The molecule has 0 fully saturated rings. The van der Waals surface area contributed by atoms with Gasteiger partial charge in [0.2, 0.25) is 0 Å². The number of para-hydroxylation sites is 1. The summed E-state index contributed by atoms with van der Waals surface area (Å²) in [5.74, 6) is 1.14. The molecule has 0 aliphatic carbocycles. The Bertz CT molecular complexity index is 798. The standard InChI is InChI=1S/C15H13Cl2N3O2S/c16-10-6-13(17)14-18-19-15(20(14)7-10)23-9-11(21)8-22-12-4-2-1-3-5-12/h1-7,11,21H,8-9H2/t11-/m0/s1. The van der Waals surface area contributed by atoms with Gasteiger partial charge in [-0.2, -0.15) is 0 Å². The summed E-state index contributed by atoms with van der Waals surface area (Å²) in [5, 5.41) is 19.7. The Hall–Kier alpha value is -1.47. The Morgan fingerprint density at radius 2 is 2.00 bits per heavy atom. The van der Waals surface area contributed by atoms with E-state index in [1.54, 1.807) is 16.7 Å². The first-order chi connectivity index (χ1) is 11.1. The molecule has 1 atom stereocenters. The fourth-order valence-electron chi connectivity index (χ4n) is 1.93. The minimum Gasteiger partial charge on any atom is -0.491 e. The normalized spacial score (nSPS) is 12.5. The van der Waals surface area contributed by atoms with Crippen LogP contribution >= 0.6 is 35.0 Å². The first-order valence-corrected chi connectivity index (χ1v) is 8.56. The van der Waals surface area contributed by atoms with Crippen LogP contribution in [0.25, 0.3) is 5.65 Å². The van der Waals surface area contributed by atoms with Crippen LogP contribution in [0.4, 0.5) is 0 Å². The van der Waals surface area contributed by atoms with E-state index in [0.717, 1.165) is 5.75 Å². The number of halogens is 2. The summed E-state index contributed by atoms with van der Waals surface area (Å²) < 4.78 is 7.22. The zero-order valence-electron chi connectivity index (χ0n) is 11.9. The van der Waals surface area contributed by atoms with Gasteiger partial charge < -0.3 is 9.84 Å². The lowest BCUT2D eigenvalue weighted by molar-refractivity contribution is 0.126. The van der Waals surface area contributed by atoms with Crippen LogP contribution in [0.5, 0.6) is 5.75 Å². The van der Waals surface area contributed by atoms with E-state index < -0.39 is 6.10 Å². The first kappa shape index (κ1) is 16.4. The van der Waals surface area contributed by atoms with Gasteiger partial charge in [-0.15, -0.1) is 10.2 Å². The third kappa shape index (κ3) is 4.09. The van der Waals surface area contributed by atoms with Crippen LogP contribution in [0.1, 0.15) is 0 Å². The van der Waals surface area contributed by atoms with Gasteiger partial charge in [0.25, 0.3) is 0 Å². The summed E-state index contributed by atoms with van der Waals surface area (Å²) in [7, 11) is 0. The van der Waals surface area contributed by atoms with Gasteiger partial charge in [-0.1, -0.05) is 53.2 Å². The molecule has 1 aromatic carbocycles.